The Morgan fingerprint density at radius 3 is 2.46 bits per heavy atom. The highest BCUT2D eigenvalue weighted by Crippen LogP contribution is 2.38. The monoisotopic (exact) mass is 184 g/mol. The van der Waals surface area contributed by atoms with E-state index >= 15 is 0 Å². The molecule has 0 spiro atoms. The minimum Gasteiger partial charge on any atom is -0.392 e. The molecular weight excluding hydrogens is 164 g/mol. The first-order chi connectivity index (χ1) is 5.98. The van der Waals surface area contributed by atoms with Gasteiger partial charge in [-0.15, -0.1) is 0 Å². The van der Waals surface area contributed by atoms with E-state index in [4.69, 9.17) is 0 Å². The fourth-order valence-corrected chi connectivity index (χ4v) is 2.25. The van der Waals surface area contributed by atoms with Gasteiger partial charge in [0.2, 0.25) is 0 Å². The minimum absolute atomic E-state index is 0.173. The molecule has 1 saturated carbocycles. The maximum absolute atomic E-state index is 11.7. The third kappa shape index (κ3) is 1.93. The largest absolute Gasteiger partial charge is 0.392 e. The van der Waals surface area contributed by atoms with Crippen molar-refractivity contribution in [2.75, 3.05) is 0 Å². The lowest BCUT2D eigenvalue weighted by atomic mass is 9.68. The second-order valence-electron chi connectivity index (χ2n) is 4.74. The van der Waals surface area contributed by atoms with Crippen LogP contribution in [-0.2, 0) is 4.79 Å². The van der Waals surface area contributed by atoms with E-state index in [1.54, 1.807) is 0 Å². The molecule has 76 valence electrons. The summed E-state index contributed by atoms with van der Waals surface area (Å²) in [5, 5.41) is 9.96. The summed E-state index contributed by atoms with van der Waals surface area (Å²) in [6.07, 6.45) is 3.11. The summed E-state index contributed by atoms with van der Waals surface area (Å²) in [6, 6.07) is 0. The molecule has 0 amide bonds. The van der Waals surface area contributed by atoms with Gasteiger partial charge in [-0.2, -0.15) is 0 Å². The molecule has 1 rings (SSSR count). The van der Waals surface area contributed by atoms with E-state index in [0.29, 0.717) is 6.42 Å². The summed E-state index contributed by atoms with van der Waals surface area (Å²) in [5.41, 5.74) is -0.466. The Morgan fingerprint density at radius 1 is 1.38 bits per heavy atom. The van der Waals surface area contributed by atoms with Crippen LogP contribution in [-0.4, -0.2) is 17.0 Å². The third-order valence-electron chi connectivity index (χ3n) is 3.27. The SMILES string of the molecule is CC(C)[C@@H](O)[C@]1(C)CCCCC1=O. The standard InChI is InChI=1S/C11H20O2/c1-8(2)10(13)11(3)7-5-4-6-9(11)12/h8,10,13H,4-7H2,1-3H3/t10-,11-/m1/s1. The molecule has 1 fully saturated rings. The average molecular weight is 184 g/mol. The van der Waals surface area contributed by atoms with Crippen LogP contribution in [0.2, 0.25) is 0 Å². The van der Waals surface area contributed by atoms with Crippen molar-refractivity contribution in [2.45, 2.75) is 52.6 Å². The lowest BCUT2D eigenvalue weighted by Crippen LogP contribution is -2.44. The van der Waals surface area contributed by atoms with Gasteiger partial charge in [-0.25, -0.2) is 0 Å². The molecule has 2 atom stereocenters. The van der Waals surface area contributed by atoms with Crippen molar-refractivity contribution in [3.8, 4) is 0 Å². The highest BCUT2D eigenvalue weighted by molar-refractivity contribution is 5.85. The van der Waals surface area contributed by atoms with Crippen LogP contribution < -0.4 is 0 Å². The predicted octanol–water partition coefficient (Wildman–Crippen LogP) is 2.15. The zero-order valence-electron chi connectivity index (χ0n) is 8.84. The molecule has 1 aliphatic rings. The second-order valence-corrected chi connectivity index (χ2v) is 4.74. The number of ketones is 1. The minimum atomic E-state index is -0.472. The molecule has 1 N–H and O–H groups in total. The highest BCUT2D eigenvalue weighted by Gasteiger charge is 2.42. The molecule has 0 aliphatic heterocycles. The summed E-state index contributed by atoms with van der Waals surface area (Å²) in [6.45, 7) is 5.86. The normalized spacial score (nSPS) is 32.2. The van der Waals surface area contributed by atoms with Crippen molar-refractivity contribution in [2.24, 2.45) is 11.3 Å². The first kappa shape index (κ1) is 10.7. The number of hydrogen-bond acceptors (Lipinski definition) is 2. The van der Waals surface area contributed by atoms with Crippen molar-refractivity contribution in [1.29, 1.82) is 0 Å². The molecule has 13 heavy (non-hydrogen) atoms. The lowest BCUT2D eigenvalue weighted by Gasteiger charge is -2.38. The van der Waals surface area contributed by atoms with Gasteiger partial charge in [0, 0.05) is 6.42 Å². The predicted molar refractivity (Wildman–Crippen MR) is 52.4 cm³/mol. The molecule has 0 aromatic rings. The summed E-state index contributed by atoms with van der Waals surface area (Å²) >= 11 is 0. The van der Waals surface area contributed by atoms with Gasteiger partial charge in [-0.1, -0.05) is 27.2 Å². The van der Waals surface area contributed by atoms with Crippen LogP contribution in [0.5, 0.6) is 0 Å². The summed E-state index contributed by atoms with van der Waals surface area (Å²) in [5.74, 6) is 0.423. The summed E-state index contributed by atoms with van der Waals surface area (Å²) in [7, 11) is 0. The van der Waals surface area contributed by atoms with Gasteiger partial charge in [-0.3, -0.25) is 4.79 Å². The average Bonchev–Trinajstić information content (AvgIpc) is 2.09. The Kier molecular flexibility index (Phi) is 3.12. The van der Waals surface area contributed by atoms with E-state index in [1.165, 1.54) is 0 Å². The van der Waals surface area contributed by atoms with Crippen LogP contribution in [0.4, 0.5) is 0 Å². The molecule has 0 aromatic carbocycles. The van der Waals surface area contributed by atoms with Gasteiger partial charge >= 0.3 is 0 Å². The van der Waals surface area contributed by atoms with E-state index in [0.717, 1.165) is 19.3 Å². The number of aliphatic hydroxyl groups is 1. The van der Waals surface area contributed by atoms with Gasteiger partial charge in [0.05, 0.1) is 11.5 Å². The topological polar surface area (TPSA) is 37.3 Å². The van der Waals surface area contributed by atoms with E-state index in [2.05, 4.69) is 0 Å². The van der Waals surface area contributed by atoms with Crippen LogP contribution in [0.25, 0.3) is 0 Å². The van der Waals surface area contributed by atoms with E-state index in [-0.39, 0.29) is 11.7 Å². The molecule has 0 radical (unpaired) electrons. The Labute approximate surface area is 80.3 Å². The quantitative estimate of drug-likeness (QED) is 0.714. The van der Waals surface area contributed by atoms with Crippen LogP contribution in [0, 0.1) is 11.3 Å². The van der Waals surface area contributed by atoms with Crippen LogP contribution >= 0.6 is 0 Å². The molecule has 0 aromatic heterocycles. The third-order valence-corrected chi connectivity index (χ3v) is 3.27. The lowest BCUT2D eigenvalue weighted by molar-refractivity contribution is -0.140. The first-order valence-electron chi connectivity index (χ1n) is 5.20. The number of Topliss-reactive ketones (excluding diaryl/α,β-unsaturated/α-hetero) is 1. The zero-order chi connectivity index (χ0) is 10.1. The molecule has 2 nitrogen and oxygen atoms in total. The Hall–Kier alpha value is -0.370. The van der Waals surface area contributed by atoms with Crippen molar-refractivity contribution >= 4 is 5.78 Å². The Bertz CT molecular complexity index is 198. The van der Waals surface area contributed by atoms with Crippen molar-refractivity contribution in [3.63, 3.8) is 0 Å². The fourth-order valence-electron chi connectivity index (χ4n) is 2.25. The zero-order valence-corrected chi connectivity index (χ0v) is 8.84. The van der Waals surface area contributed by atoms with Crippen molar-refractivity contribution < 1.29 is 9.90 Å². The molecule has 1 aliphatic carbocycles. The van der Waals surface area contributed by atoms with E-state index in [1.807, 2.05) is 20.8 Å². The van der Waals surface area contributed by atoms with Crippen molar-refractivity contribution in [1.82, 2.24) is 0 Å². The Morgan fingerprint density at radius 2 is 2.00 bits per heavy atom. The molecule has 0 heterocycles. The second kappa shape index (κ2) is 3.79. The maximum atomic E-state index is 11.7. The maximum Gasteiger partial charge on any atom is 0.141 e. The number of carbonyl (C=O) groups is 1. The van der Waals surface area contributed by atoms with Gasteiger partial charge in [0.15, 0.2) is 0 Å². The molecular formula is C11H20O2. The Balaban J connectivity index is 2.77. The molecule has 2 heteroatoms. The van der Waals surface area contributed by atoms with E-state index in [9.17, 15) is 9.90 Å². The first-order valence-corrected chi connectivity index (χ1v) is 5.20. The molecule has 0 unspecified atom stereocenters. The number of carbonyl (C=O) groups excluding carboxylic acids is 1. The fraction of sp³-hybridized carbons (Fsp3) is 0.909. The van der Waals surface area contributed by atoms with Crippen molar-refractivity contribution in [3.05, 3.63) is 0 Å². The van der Waals surface area contributed by atoms with Crippen LogP contribution in [0.3, 0.4) is 0 Å². The molecule has 0 bridgehead atoms. The van der Waals surface area contributed by atoms with Gasteiger partial charge in [0.25, 0.3) is 0 Å². The smallest absolute Gasteiger partial charge is 0.141 e. The van der Waals surface area contributed by atoms with E-state index < -0.39 is 11.5 Å². The van der Waals surface area contributed by atoms with Crippen LogP contribution in [0.1, 0.15) is 46.5 Å². The van der Waals surface area contributed by atoms with Crippen LogP contribution in [0.15, 0.2) is 0 Å². The van der Waals surface area contributed by atoms with Gasteiger partial charge in [-0.05, 0) is 18.8 Å². The highest BCUT2D eigenvalue weighted by atomic mass is 16.3. The summed E-state index contributed by atoms with van der Waals surface area (Å²) in [4.78, 5) is 11.7. The summed E-state index contributed by atoms with van der Waals surface area (Å²) < 4.78 is 0. The number of aliphatic hydroxyl groups excluding tert-OH is 1. The van der Waals surface area contributed by atoms with Gasteiger partial charge < -0.3 is 5.11 Å². The number of rotatable bonds is 2. The van der Waals surface area contributed by atoms with Gasteiger partial charge in [0.1, 0.15) is 5.78 Å². The molecule has 0 saturated heterocycles. The number of hydrogen-bond donors (Lipinski definition) is 1.